The van der Waals surface area contributed by atoms with Crippen LogP contribution in [-0.4, -0.2) is 42.7 Å². The highest BCUT2D eigenvalue weighted by Gasteiger charge is 2.30. The number of carbonyl (C=O) groups excluding carboxylic acids is 1. The fourth-order valence-electron chi connectivity index (χ4n) is 5.40. The number of aliphatic hydroxyl groups excluding tert-OH is 1. The molecule has 37 heavy (non-hydrogen) atoms. The lowest BCUT2D eigenvalue weighted by atomic mass is 9.85. The fourth-order valence-corrected chi connectivity index (χ4v) is 5.95. The van der Waals surface area contributed by atoms with Gasteiger partial charge in [-0.15, -0.1) is 0 Å². The molecule has 0 saturated heterocycles. The van der Waals surface area contributed by atoms with Crippen LogP contribution in [0.1, 0.15) is 57.9 Å². The van der Waals surface area contributed by atoms with Gasteiger partial charge in [-0.2, -0.15) is 4.98 Å². The highest BCUT2D eigenvalue weighted by atomic mass is 35.5. The second kappa shape index (κ2) is 10.6. The Labute approximate surface area is 224 Å². The number of aromatic nitrogens is 4. The molecule has 0 bridgehead atoms. The van der Waals surface area contributed by atoms with E-state index in [2.05, 4.69) is 22.5 Å². The normalized spacial score (nSPS) is 26.2. The maximum absolute atomic E-state index is 13.8. The van der Waals surface area contributed by atoms with Gasteiger partial charge in [0.2, 0.25) is 17.8 Å². The van der Waals surface area contributed by atoms with E-state index < -0.39 is 5.82 Å². The van der Waals surface area contributed by atoms with Crippen LogP contribution >= 0.6 is 23.2 Å². The molecule has 198 valence electrons. The predicted molar refractivity (Wildman–Crippen MR) is 142 cm³/mol. The fraction of sp³-hybridized carbons (Fsp3) is 0.520. The number of carbonyl (C=O) groups is 1. The summed E-state index contributed by atoms with van der Waals surface area (Å²) in [5.41, 5.74) is 7.07. The van der Waals surface area contributed by atoms with E-state index in [0.29, 0.717) is 60.9 Å². The molecule has 2 aliphatic rings. The number of aliphatic hydroxyl groups is 1. The predicted octanol–water partition coefficient (Wildman–Crippen LogP) is 5.19. The van der Waals surface area contributed by atoms with Gasteiger partial charge in [0.05, 0.1) is 28.0 Å². The lowest BCUT2D eigenvalue weighted by Crippen LogP contribution is -2.35. The molecule has 5 rings (SSSR count). The Kier molecular flexibility index (Phi) is 7.42. The molecular weight excluding hydrogens is 520 g/mol. The maximum Gasteiger partial charge on any atom is 0.224 e. The number of halogens is 3. The van der Waals surface area contributed by atoms with Crippen molar-refractivity contribution in [3.05, 3.63) is 34.2 Å². The Hall–Kier alpha value is -2.69. The Morgan fingerprint density at radius 1 is 1.14 bits per heavy atom. The quantitative estimate of drug-likeness (QED) is 0.332. The van der Waals surface area contributed by atoms with E-state index >= 15 is 0 Å². The summed E-state index contributed by atoms with van der Waals surface area (Å²) in [5.74, 6) is 0.196. The number of imidazole rings is 1. The van der Waals surface area contributed by atoms with E-state index in [-0.39, 0.29) is 46.0 Å². The molecule has 1 unspecified atom stereocenters. The number of rotatable bonds is 6. The summed E-state index contributed by atoms with van der Waals surface area (Å²) in [4.78, 5) is 25.7. The number of amides is 1. The molecule has 3 atom stereocenters. The first-order chi connectivity index (χ1) is 17.7. The molecule has 0 radical (unpaired) electrons. The van der Waals surface area contributed by atoms with Crippen LogP contribution in [0.4, 0.5) is 22.0 Å². The number of nitrogens with two attached hydrogens (primary N) is 1. The molecule has 2 aromatic heterocycles. The van der Waals surface area contributed by atoms with Gasteiger partial charge in [0.25, 0.3) is 0 Å². The lowest BCUT2D eigenvalue weighted by Gasteiger charge is -2.31. The van der Waals surface area contributed by atoms with Gasteiger partial charge in [-0.05, 0) is 63.0 Å². The Bertz CT molecular complexity index is 1290. The van der Waals surface area contributed by atoms with Gasteiger partial charge in [0.1, 0.15) is 11.3 Å². The first-order valence-corrected chi connectivity index (χ1v) is 13.4. The number of primary amides is 1. The van der Waals surface area contributed by atoms with Gasteiger partial charge in [0.15, 0.2) is 5.65 Å². The van der Waals surface area contributed by atoms with Crippen molar-refractivity contribution in [2.24, 2.45) is 17.6 Å². The van der Waals surface area contributed by atoms with E-state index in [9.17, 15) is 14.3 Å². The van der Waals surface area contributed by atoms with Crippen LogP contribution in [0.2, 0.25) is 10.0 Å². The molecule has 1 aromatic carbocycles. The zero-order chi connectivity index (χ0) is 26.3. The zero-order valence-corrected chi connectivity index (χ0v) is 21.9. The molecule has 5 N–H and O–H groups in total. The standard InChI is InChI=1S/C25H30Cl2FN7O2/c1-12-2-5-15(10-20(12)36)31-24-30-11-19-23(34-24)35(16-6-3-13(4-7-16)22(29)37)25(32-19)33-21-17(26)8-14(28)9-18(21)27/h8-9,11-13,15-16,20,36H,2-7,10H2,1H3,(H2,29,37)(H,32,33)(H,30,31,34)/t12-,13-,15?,16+,20-/m1/s1. The second-order valence-corrected chi connectivity index (χ2v) is 11.0. The van der Waals surface area contributed by atoms with E-state index in [1.165, 1.54) is 12.1 Å². The number of hydrogen-bond acceptors (Lipinski definition) is 7. The number of benzene rings is 1. The summed E-state index contributed by atoms with van der Waals surface area (Å²) >= 11 is 12.6. The second-order valence-electron chi connectivity index (χ2n) is 10.2. The molecule has 12 heteroatoms. The third-order valence-electron chi connectivity index (χ3n) is 7.63. The third kappa shape index (κ3) is 5.46. The minimum atomic E-state index is -0.539. The average Bonchev–Trinajstić information content (AvgIpc) is 3.21. The van der Waals surface area contributed by atoms with Crippen molar-refractivity contribution in [1.82, 2.24) is 19.5 Å². The maximum atomic E-state index is 13.8. The molecule has 3 aromatic rings. The van der Waals surface area contributed by atoms with Crippen molar-refractivity contribution in [1.29, 1.82) is 0 Å². The summed E-state index contributed by atoms with van der Waals surface area (Å²) in [6, 6.07) is 2.42. The van der Waals surface area contributed by atoms with Crippen molar-refractivity contribution in [2.45, 2.75) is 70.1 Å². The van der Waals surface area contributed by atoms with E-state index in [1.807, 2.05) is 4.57 Å². The topological polar surface area (TPSA) is 131 Å². The summed E-state index contributed by atoms with van der Waals surface area (Å²) in [5, 5.41) is 17.1. The highest BCUT2D eigenvalue weighted by molar-refractivity contribution is 6.39. The molecule has 0 spiro atoms. The molecule has 2 aliphatic carbocycles. The molecule has 2 heterocycles. The molecule has 2 fully saturated rings. The van der Waals surface area contributed by atoms with Gasteiger partial charge in [-0.1, -0.05) is 30.1 Å². The molecule has 1 amide bonds. The number of nitrogens with one attached hydrogen (secondary N) is 2. The van der Waals surface area contributed by atoms with Crippen molar-refractivity contribution in [2.75, 3.05) is 10.6 Å². The van der Waals surface area contributed by atoms with Crippen LogP contribution < -0.4 is 16.4 Å². The lowest BCUT2D eigenvalue weighted by molar-refractivity contribution is -0.122. The van der Waals surface area contributed by atoms with E-state index in [0.717, 1.165) is 12.8 Å². The van der Waals surface area contributed by atoms with Crippen molar-refractivity contribution >= 4 is 57.9 Å². The van der Waals surface area contributed by atoms with Crippen LogP contribution in [-0.2, 0) is 4.79 Å². The van der Waals surface area contributed by atoms with Crippen LogP contribution in [0.25, 0.3) is 11.2 Å². The summed E-state index contributed by atoms with van der Waals surface area (Å²) in [7, 11) is 0. The largest absolute Gasteiger partial charge is 0.393 e. The first kappa shape index (κ1) is 25.9. The van der Waals surface area contributed by atoms with Crippen LogP contribution in [0, 0.1) is 17.7 Å². The summed E-state index contributed by atoms with van der Waals surface area (Å²) in [6.45, 7) is 2.06. The Balaban J connectivity index is 1.50. The van der Waals surface area contributed by atoms with Gasteiger partial charge < -0.3 is 21.5 Å². The van der Waals surface area contributed by atoms with Crippen molar-refractivity contribution < 1.29 is 14.3 Å². The number of fused-ring (bicyclic) bond motifs is 1. The Morgan fingerprint density at radius 2 is 1.84 bits per heavy atom. The SMILES string of the molecule is C[C@@H]1CCC(Nc2ncc3nc(Nc4c(Cl)cc(F)cc4Cl)n([C@H]4CC[C@@H](C(N)=O)CC4)c3n2)C[C@H]1O. The monoisotopic (exact) mass is 549 g/mol. The van der Waals surface area contributed by atoms with Crippen LogP contribution in [0.5, 0.6) is 0 Å². The average molecular weight is 550 g/mol. The minimum absolute atomic E-state index is 0.0128. The Morgan fingerprint density at radius 3 is 2.49 bits per heavy atom. The molecule has 0 aliphatic heterocycles. The highest BCUT2D eigenvalue weighted by Crippen LogP contribution is 2.39. The number of anilines is 3. The van der Waals surface area contributed by atoms with Gasteiger partial charge in [0, 0.05) is 18.0 Å². The van der Waals surface area contributed by atoms with Crippen molar-refractivity contribution in [3.8, 4) is 0 Å². The van der Waals surface area contributed by atoms with Crippen LogP contribution in [0.3, 0.4) is 0 Å². The molecule has 9 nitrogen and oxygen atoms in total. The number of hydrogen-bond donors (Lipinski definition) is 4. The first-order valence-electron chi connectivity index (χ1n) is 12.6. The zero-order valence-electron chi connectivity index (χ0n) is 20.4. The van der Waals surface area contributed by atoms with Gasteiger partial charge >= 0.3 is 0 Å². The van der Waals surface area contributed by atoms with Gasteiger partial charge in [-0.25, -0.2) is 14.4 Å². The summed E-state index contributed by atoms with van der Waals surface area (Å²) < 4.78 is 15.8. The summed E-state index contributed by atoms with van der Waals surface area (Å²) in [6.07, 6.45) is 6.50. The van der Waals surface area contributed by atoms with E-state index in [1.54, 1.807) is 6.20 Å². The molecule has 2 saturated carbocycles. The van der Waals surface area contributed by atoms with E-state index in [4.69, 9.17) is 38.9 Å². The smallest absolute Gasteiger partial charge is 0.224 e. The van der Waals surface area contributed by atoms with Gasteiger partial charge in [-0.3, -0.25) is 9.36 Å². The van der Waals surface area contributed by atoms with Crippen LogP contribution in [0.15, 0.2) is 18.3 Å². The minimum Gasteiger partial charge on any atom is -0.393 e. The third-order valence-corrected chi connectivity index (χ3v) is 8.22. The number of nitrogens with zero attached hydrogens (tertiary/aromatic N) is 4. The van der Waals surface area contributed by atoms with Crippen molar-refractivity contribution in [3.63, 3.8) is 0 Å². The molecular formula is C25H30Cl2FN7O2.